The third kappa shape index (κ3) is 4.47. The second-order valence-corrected chi connectivity index (χ2v) is 8.01. The third-order valence-corrected chi connectivity index (χ3v) is 6.19. The molecule has 30 heavy (non-hydrogen) atoms. The zero-order valence-electron chi connectivity index (χ0n) is 17.2. The second kappa shape index (κ2) is 9.28. The van der Waals surface area contributed by atoms with E-state index in [1.54, 1.807) is 25.6 Å². The number of rotatable bonds is 6. The number of hydrogen-bond acceptors (Lipinski definition) is 6. The summed E-state index contributed by atoms with van der Waals surface area (Å²) >= 11 is 1.63. The van der Waals surface area contributed by atoms with Crippen molar-refractivity contribution < 1.29 is 14.3 Å². The van der Waals surface area contributed by atoms with Gasteiger partial charge in [-0.25, -0.2) is 4.98 Å². The Hall–Kier alpha value is -2.90. The lowest BCUT2D eigenvalue weighted by molar-refractivity contribution is 0.0627. The highest BCUT2D eigenvalue weighted by Crippen LogP contribution is 2.33. The number of carbonyl (C=O) groups is 1. The number of aromatic nitrogens is 1. The number of nitrogens with zero attached hydrogens (tertiary/aromatic N) is 3. The summed E-state index contributed by atoms with van der Waals surface area (Å²) in [5.74, 6) is 1.52. The molecule has 0 unspecified atom stereocenters. The molecule has 6 nitrogen and oxygen atoms in total. The van der Waals surface area contributed by atoms with Crippen molar-refractivity contribution in [1.29, 1.82) is 0 Å². The number of amides is 1. The number of methoxy groups -OCH3 is 2. The van der Waals surface area contributed by atoms with Gasteiger partial charge >= 0.3 is 0 Å². The molecule has 1 amide bonds. The van der Waals surface area contributed by atoms with E-state index in [9.17, 15) is 4.79 Å². The van der Waals surface area contributed by atoms with Gasteiger partial charge in [-0.15, -0.1) is 11.3 Å². The van der Waals surface area contributed by atoms with E-state index in [1.807, 2.05) is 53.4 Å². The van der Waals surface area contributed by atoms with Gasteiger partial charge in [0, 0.05) is 49.2 Å². The van der Waals surface area contributed by atoms with Crippen LogP contribution in [-0.2, 0) is 6.54 Å². The lowest BCUT2D eigenvalue weighted by atomic mass is 10.2. The molecule has 4 rings (SSSR count). The molecule has 1 aliphatic rings. The number of carbonyl (C=O) groups excluding carboxylic acids is 1. The van der Waals surface area contributed by atoms with E-state index in [0.29, 0.717) is 11.5 Å². The summed E-state index contributed by atoms with van der Waals surface area (Å²) in [6.07, 6.45) is 0. The average molecular weight is 424 g/mol. The van der Waals surface area contributed by atoms with E-state index >= 15 is 0 Å². The van der Waals surface area contributed by atoms with Crippen LogP contribution in [-0.4, -0.2) is 61.1 Å². The second-order valence-electron chi connectivity index (χ2n) is 7.15. The van der Waals surface area contributed by atoms with Crippen molar-refractivity contribution in [2.24, 2.45) is 0 Å². The van der Waals surface area contributed by atoms with Crippen molar-refractivity contribution in [2.45, 2.75) is 6.54 Å². The van der Waals surface area contributed by atoms with E-state index in [2.05, 4.69) is 10.3 Å². The molecule has 1 fully saturated rings. The highest BCUT2D eigenvalue weighted by Gasteiger charge is 2.22. The van der Waals surface area contributed by atoms with Crippen molar-refractivity contribution in [3.05, 3.63) is 65.2 Å². The van der Waals surface area contributed by atoms with Crippen LogP contribution in [0.5, 0.6) is 11.5 Å². The molecule has 0 N–H and O–H groups in total. The van der Waals surface area contributed by atoms with Crippen LogP contribution in [0.15, 0.2) is 53.9 Å². The largest absolute Gasteiger partial charge is 0.493 e. The Morgan fingerprint density at radius 2 is 1.73 bits per heavy atom. The van der Waals surface area contributed by atoms with Gasteiger partial charge in [0.05, 0.1) is 19.9 Å². The van der Waals surface area contributed by atoms with Crippen molar-refractivity contribution in [1.82, 2.24) is 14.8 Å². The molecule has 0 saturated carbocycles. The number of hydrogen-bond donors (Lipinski definition) is 0. The third-order valence-electron chi connectivity index (χ3n) is 5.25. The van der Waals surface area contributed by atoms with Crippen molar-refractivity contribution in [3.8, 4) is 22.1 Å². The summed E-state index contributed by atoms with van der Waals surface area (Å²) in [5, 5.41) is 3.07. The molecule has 2 aromatic carbocycles. The molecular weight excluding hydrogens is 398 g/mol. The predicted molar refractivity (Wildman–Crippen MR) is 118 cm³/mol. The van der Waals surface area contributed by atoms with Crippen LogP contribution in [0.3, 0.4) is 0 Å². The van der Waals surface area contributed by atoms with Crippen LogP contribution in [0.2, 0.25) is 0 Å². The molecule has 1 saturated heterocycles. The molecule has 0 spiro atoms. The summed E-state index contributed by atoms with van der Waals surface area (Å²) < 4.78 is 10.7. The van der Waals surface area contributed by atoms with Gasteiger partial charge in [-0.1, -0.05) is 18.2 Å². The Bertz CT molecular complexity index is 998. The average Bonchev–Trinajstić information content (AvgIpc) is 3.27. The van der Waals surface area contributed by atoms with Gasteiger partial charge in [-0.3, -0.25) is 9.69 Å². The molecule has 1 aliphatic heterocycles. The van der Waals surface area contributed by atoms with Crippen LogP contribution >= 0.6 is 11.3 Å². The first-order valence-corrected chi connectivity index (χ1v) is 10.8. The van der Waals surface area contributed by atoms with E-state index in [-0.39, 0.29) is 5.91 Å². The lowest BCUT2D eigenvalue weighted by Crippen LogP contribution is -2.48. The first-order valence-electron chi connectivity index (χ1n) is 9.91. The van der Waals surface area contributed by atoms with E-state index in [1.165, 1.54) is 0 Å². The summed E-state index contributed by atoms with van der Waals surface area (Å²) in [5.41, 5.74) is 2.82. The van der Waals surface area contributed by atoms with Gasteiger partial charge in [0.25, 0.3) is 5.91 Å². The summed E-state index contributed by atoms with van der Waals surface area (Å²) in [6.45, 7) is 3.96. The summed E-state index contributed by atoms with van der Waals surface area (Å²) in [4.78, 5) is 21.7. The Morgan fingerprint density at radius 3 is 2.43 bits per heavy atom. The van der Waals surface area contributed by atoms with Gasteiger partial charge in [0.1, 0.15) is 5.01 Å². The minimum Gasteiger partial charge on any atom is -0.493 e. The van der Waals surface area contributed by atoms with Gasteiger partial charge in [0.2, 0.25) is 0 Å². The highest BCUT2D eigenvalue weighted by atomic mass is 32.1. The lowest BCUT2D eigenvalue weighted by Gasteiger charge is -2.34. The van der Waals surface area contributed by atoms with Crippen molar-refractivity contribution in [2.75, 3.05) is 40.4 Å². The maximum Gasteiger partial charge on any atom is 0.253 e. The number of ether oxygens (including phenoxy) is 2. The fourth-order valence-corrected chi connectivity index (χ4v) is 4.39. The van der Waals surface area contributed by atoms with Gasteiger partial charge in [-0.05, 0) is 30.3 Å². The summed E-state index contributed by atoms with van der Waals surface area (Å²) in [6, 6.07) is 15.3. The van der Waals surface area contributed by atoms with Gasteiger partial charge in [-0.2, -0.15) is 0 Å². The molecule has 3 aromatic rings. The maximum atomic E-state index is 12.6. The van der Waals surface area contributed by atoms with Crippen molar-refractivity contribution >= 4 is 17.2 Å². The molecule has 156 valence electrons. The van der Waals surface area contributed by atoms with E-state index < -0.39 is 0 Å². The SMILES string of the molecule is COc1ccc(-c2nc(CN3CCN(C(=O)c4ccccc4)CC3)cs2)cc1OC. The normalized spacial score (nSPS) is 14.5. The quantitative estimate of drug-likeness (QED) is 0.604. The minimum atomic E-state index is 0.111. The van der Waals surface area contributed by atoms with Crippen LogP contribution < -0.4 is 9.47 Å². The molecule has 7 heteroatoms. The molecule has 1 aromatic heterocycles. The topological polar surface area (TPSA) is 54.9 Å². The first kappa shape index (κ1) is 20.4. The number of thiazole rings is 1. The summed E-state index contributed by atoms with van der Waals surface area (Å²) in [7, 11) is 3.27. The van der Waals surface area contributed by atoms with Crippen LogP contribution in [0.4, 0.5) is 0 Å². The van der Waals surface area contributed by atoms with E-state index in [0.717, 1.165) is 54.6 Å². The standard InChI is InChI=1S/C23H25N3O3S/c1-28-20-9-8-18(14-21(20)29-2)22-24-19(16-30-22)15-25-10-12-26(13-11-25)23(27)17-6-4-3-5-7-17/h3-9,14,16H,10-13,15H2,1-2H3. The Kier molecular flexibility index (Phi) is 6.30. The number of benzene rings is 2. The Morgan fingerprint density at radius 1 is 1.00 bits per heavy atom. The monoisotopic (exact) mass is 423 g/mol. The molecule has 0 bridgehead atoms. The molecule has 2 heterocycles. The van der Waals surface area contributed by atoms with Crippen LogP contribution in [0.25, 0.3) is 10.6 Å². The van der Waals surface area contributed by atoms with Crippen LogP contribution in [0.1, 0.15) is 16.1 Å². The Labute approximate surface area is 180 Å². The van der Waals surface area contributed by atoms with Crippen LogP contribution in [0, 0.1) is 0 Å². The smallest absolute Gasteiger partial charge is 0.253 e. The number of piperazine rings is 1. The fourth-order valence-electron chi connectivity index (χ4n) is 3.58. The first-order chi connectivity index (χ1) is 14.7. The minimum absolute atomic E-state index is 0.111. The molecule has 0 aliphatic carbocycles. The zero-order valence-corrected chi connectivity index (χ0v) is 18.0. The molecular formula is C23H25N3O3S. The van der Waals surface area contributed by atoms with Crippen molar-refractivity contribution in [3.63, 3.8) is 0 Å². The van der Waals surface area contributed by atoms with E-state index in [4.69, 9.17) is 14.5 Å². The predicted octanol–water partition coefficient (Wildman–Crippen LogP) is 3.79. The highest BCUT2D eigenvalue weighted by molar-refractivity contribution is 7.13. The molecule has 0 atom stereocenters. The zero-order chi connectivity index (χ0) is 20.9. The Balaban J connectivity index is 1.36. The molecule has 0 radical (unpaired) electrons. The van der Waals surface area contributed by atoms with Gasteiger partial charge in [0.15, 0.2) is 11.5 Å². The maximum absolute atomic E-state index is 12.6. The fraction of sp³-hybridized carbons (Fsp3) is 0.304. The van der Waals surface area contributed by atoms with Gasteiger partial charge < -0.3 is 14.4 Å².